The first-order chi connectivity index (χ1) is 43.4. The summed E-state index contributed by atoms with van der Waals surface area (Å²) in [4.78, 5) is 36.7. The van der Waals surface area contributed by atoms with Crippen molar-refractivity contribution in [2.45, 2.75) is 330 Å². The van der Waals surface area contributed by atoms with E-state index in [1.165, 1.54) is 231 Å². The van der Waals surface area contributed by atoms with Crippen LogP contribution < -0.4 is 16.0 Å². The highest BCUT2D eigenvalue weighted by molar-refractivity contribution is 9.09. The third-order valence-electron chi connectivity index (χ3n) is 17.1. The van der Waals surface area contributed by atoms with Gasteiger partial charge in [-0.1, -0.05) is 319 Å². The monoisotopic (exact) mass is 1480 g/mol. The maximum Gasteiger partial charge on any atom is 0.475 e. The number of phosphoric acid groups is 1. The Labute approximate surface area is 574 Å². The van der Waals surface area contributed by atoms with E-state index < -0.39 is 26.1 Å². The molecule has 0 aromatic rings. The molecular weight excluding hydrogens is 1340 g/mol. The van der Waals surface area contributed by atoms with Gasteiger partial charge in [0.25, 0.3) is 0 Å². The van der Waals surface area contributed by atoms with Crippen molar-refractivity contribution in [3.63, 3.8) is 0 Å². The Balaban J connectivity index is 6.29. The third-order valence-corrected chi connectivity index (χ3v) is 20.6. The molecule has 0 bridgehead atoms. The number of ether oxygens (including phenoxy) is 3. The molecule has 0 spiro atoms. The topological polar surface area (TPSA) is 160 Å². The van der Waals surface area contributed by atoms with Crippen molar-refractivity contribution >= 4 is 73.0 Å². The molecule has 0 aromatic heterocycles. The highest BCUT2D eigenvalue weighted by Crippen LogP contribution is 2.55. The average Bonchev–Trinajstić information content (AvgIpc) is 3.62. The standard InChI is InChI=1S/C72H141Br3N3O10P/c1-7-10-13-16-19-22-25-28-31-34-37-40-43-46-49-83-61-67(58-76-55-64(4)79)70(52-73)86-89(82,87-71(53-74)68(59-77-56-65(5)80)62-84-50-47-44-41-38-35-32-29-26-23-20-17-14-11-8-2)88-72(54-75)69(60-78-57-66(6)81)63-85-51-48-45-42-39-36-33-30-27-24-21-18-15-12-9-3/h67-72,76-78H,7-63H2,1-6H3. The van der Waals surface area contributed by atoms with Gasteiger partial charge in [-0.2, -0.15) is 0 Å². The zero-order chi connectivity index (χ0) is 65.4. The highest BCUT2D eigenvalue weighted by Gasteiger charge is 2.42. The first kappa shape index (κ1) is 89.3. The number of ketones is 3. The van der Waals surface area contributed by atoms with Gasteiger partial charge in [-0.15, -0.1) is 0 Å². The molecule has 0 radical (unpaired) electrons. The number of unbranched alkanes of at least 4 members (excludes halogenated alkanes) is 39. The van der Waals surface area contributed by atoms with Crippen molar-refractivity contribution in [2.75, 3.05) is 94.9 Å². The van der Waals surface area contributed by atoms with Crippen LogP contribution in [0.15, 0.2) is 0 Å². The number of Topliss-reactive ketones (excluding diaryl/α,β-unsaturated/α-hetero) is 3. The number of carbonyl (C=O) groups is 3. The van der Waals surface area contributed by atoms with E-state index in [4.69, 9.17) is 27.8 Å². The molecule has 6 atom stereocenters. The lowest BCUT2D eigenvalue weighted by Crippen LogP contribution is -2.42. The van der Waals surface area contributed by atoms with Crippen molar-refractivity contribution in [1.82, 2.24) is 16.0 Å². The van der Waals surface area contributed by atoms with E-state index in [2.05, 4.69) is 84.5 Å². The Kier molecular flexibility index (Phi) is 68.5. The molecule has 0 aliphatic rings. The largest absolute Gasteiger partial charge is 0.475 e. The van der Waals surface area contributed by atoms with Crippen LogP contribution in [0.2, 0.25) is 0 Å². The molecule has 0 rings (SSSR count). The molecule has 0 aliphatic heterocycles. The fourth-order valence-corrected chi connectivity index (χ4v) is 15.9. The molecule has 3 N–H and O–H groups in total. The first-order valence-corrected chi connectivity index (χ1v) is 41.9. The molecule has 0 fully saturated rings. The summed E-state index contributed by atoms with van der Waals surface area (Å²) in [6.45, 7) is 15.8. The van der Waals surface area contributed by atoms with Gasteiger partial charge in [0, 0.05) is 73.2 Å². The van der Waals surface area contributed by atoms with E-state index >= 15 is 4.57 Å². The zero-order valence-electron chi connectivity index (χ0n) is 58.4. The summed E-state index contributed by atoms with van der Waals surface area (Å²) >= 11 is 11.2. The van der Waals surface area contributed by atoms with Crippen LogP contribution in [0.4, 0.5) is 0 Å². The van der Waals surface area contributed by atoms with E-state index in [1.54, 1.807) is 20.8 Å². The number of halogens is 3. The fourth-order valence-electron chi connectivity index (χ4n) is 11.4. The average molecular weight is 1480 g/mol. The maximum atomic E-state index is 16.0. The molecule has 0 amide bonds. The maximum absolute atomic E-state index is 16.0. The predicted octanol–water partition coefficient (Wildman–Crippen LogP) is 20.3. The Hall–Kier alpha value is 0.320. The number of carbonyl (C=O) groups excluding carboxylic acids is 3. The molecular formula is C72H141Br3N3O10P. The van der Waals surface area contributed by atoms with Crippen molar-refractivity contribution in [2.24, 2.45) is 17.8 Å². The third kappa shape index (κ3) is 59.3. The number of phosphoric ester groups is 1. The lowest BCUT2D eigenvalue weighted by atomic mass is 10.0. The quantitative estimate of drug-likeness (QED) is 0.0300. The van der Waals surface area contributed by atoms with Crippen LogP contribution in [-0.4, -0.2) is 131 Å². The Morgan fingerprint density at radius 2 is 0.494 bits per heavy atom. The second-order valence-corrected chi connectivity index (χ2v) is 29.6. The predicted molar refractivity (Wildman–Crippen MR) is 388 cm³/mol. The molecule has 0 heterocycles. The van der Waals surface area contributed by atoms with Crippen LogP contribution in [0.5, 0.6) is 0 Å². The van der Waals surface area contributed by atoms with Gasteiger partial charge in [-0.25, -0.2) is 4.57 Å². The van der Waals surface area contributed by atoms with E-state index in [-0.39, 0.29) is 70.7 Å². The van der Waals surface area contributed by atoms with Gasteiger partial charge in [0.05, 0.1) is 57.8 Å². The van der Waals surface area contributed by atoms with Crippen molar-refractivity contribution in [3.05, 3.63) is 0 Å². The molecule has 0 aromatic carbocycles. The second kappa shape index (κ2) is 68.3. The normalized spacial score (nSPS) is 14.6. The summed E-state index contributed by atoms with van der Waals surface area (Å²) in [5, 5.41) is 10.8. The summed E-state index contributed by atoms with van der Waals surface area (Å²) in [5.41, 5.74) is 0. The summed E-state index contributed by atoms with van der Waals surface area (Å²) in [6.07, 6.45) is 51.6. The highest BCUT2D eigenvalue weighted by atomic mass is 79.9. The number of rotatable bonds is 75. The Morgan fingerprint density at radius 3 is 0.663 bits per heavy atom. The Morgan fingerprint density at radius 1 is 0.315 bits per heavy atom. The minimum Gasteiger partial charge on any atom is -0.381 e. The van der Waals surface area contributed by atoms with Crippen molar-refractivity contribution in [1.29, 1.82) is 0 Å². The molecule has 530 valence electrons. The summed E-state index contributed by atoms with van der Waals surface area (Å²) in [7, 11) is -4.52. The number of nitrogens with one attached hydrogen (secondary N) is 3. The zero-order valence-corrected chi connectivity index (χ0v) is 64.1. The van der Waals surface area contributed by atoms with Crippen LogP contribution >= 0.6 is 55.6 Å². The minimum atomic E-state index is -4.52. The van der Waals surface area contributed by atoms with Gasteiger partial charge in [-0.3, -0.25) is 28.0 Å². The van der Waals surface area contributed by atoms with Gasteiger partial charge in [-0.05, 0) is 40.0 Å². The summed E-state index contributed by atoms with van der Waals surface area (Å²) < 4.78 is 55.5. The first-order valence-electron chi connectivity index (χ1n) is 37.1. The van der Waals surface area contributed by atoms with Crippen molar-refractivity contribution in [3.8, 4) is 0 Å². The van der Waals surface area contributed by atoms with Crippen LogP contribution in [0.3, 0.4) is 0 Å². The lowest BCUT2D eigenvalue weighted by Gasteiger charge is -2.35. The van der Waals surface area contributed by atoms with Gasteiger partial charge in [0.15, 0.2) is 0 Å². The number of hydrogen-bond acceptors (Lipinski definition) is 13. The van der Waals surface area contributed by atoms with E-state index in [1.807, 2.05) is 0 Å². The Bertz CT molecular complexity index is 1420. The van der Waals surface area contributed by atoms with Crippen LogP contribution in [0.25, 0.3) is 0 Å². The van der Waals surface area contributed by atoms with Gasteiger partial charge in [0.2, 0.25) is 0 Å². The van der Waals surface area contributed by atoms with Crippen LogP contribution in [-0.2, 0) is 46.7 Å². The van der Waals surface area contributed by atoms with Gasteiger partial charge >= 0.3 is 7.82 Å². The van der Waals surface area contributed by atoms with Gasteiger partial charge < -0.3 is 30.2 Å². The minimum absolute atomic E-state index is 0.00743. The fraction of sp³-hybridized carbons (Fsp3) is 0.958. The molecule has 0 aliphatic carbocycles. The number of hydrogen-bond donors (Lipinski definition) is 3. The van der Waals surface area contributed by atoms with E-state index in [9.17, 15) is 14.4 Å². The summed E-state index contributed by atoms with van der Waals surface area (Å²) in [6, 6.07) is 0. The molecule has 0 saturated carbocycles. The van der Waals surface area contributed by atoms with E-state index in [0.717, 1.165) is 38.5 Å². The van der Waals surface area contributed by atoms with Crippen LogP contribution in [0.1, 0.15) is 311 Å². The van der Waals surface area contributed by atoms with Gasteiger partial charge in [0.1, 0.15) is 17.3 Å². The summed E-state index contributed by atoms with van der Waals surface area (Å²) in [5.74, 6) is -0.995. The SMILES string of the molecule is CCCCCCCCCCCCCCCCOCC(CNCC(C)=O)C(CBr)OP(=O)(OC(CBr)C(CNCC(C)=O)COCCCCCCCCCCCCCCCC)OC(CBr)C(CNCC(C)=O)COCCCCCCCCCCCCCCCC. The number of alkyl halides is 3. The molecule has 13 nitrogen and oxygen atoms in total. The smallest absolute Gasteiger partial charge is 0.381 e. The van der Waals surface area contributed by atoms with Crippen LogP contribution in [0, 0.1) is 17.8 Å². The molecule has 17 heteroatoms. The molecule has 89 heavy (non-hydrogen) atoms. The van der Waals surface area contributed by atoms with Crippen molar-refractivity contribution < 1.29 is 46.7 Å². The molecule has 6 unspecified atom stereocenters. The second-order valence-electron chi connectivity index (χ2n) is 26.1. The molecule has 0 saturated heterocycles. The van der Waals surface area contributed by atoms with E-state index in [0.29, 0.717) is 59.3 Å². The lowest BCUT2D eigenvalue weighted by molar-refractivity contribution is -0.117.